The fourth-order valence-corrected chi connectivity index (χ4v) is 3.06. The average Bonchev–Trinajstić information content (AvgIpc) is 2.55. The Morgan fingerprint density at radius 2 is 1.95 bits per heavy atom. The molecule has 0 radical (unpaired) electrons. The van der Waals surface area contributed by atoms with Crippen molar-refractivity contribution in [3.05, 3.63) is 60.9 Å². The second kappa shape index (κ2) is 6.34. The SMILES string of the molecule is O=C(Cn1ncc(Br)c(Br)c1=O)N1CCc2ccccc2C1. The predicted octanol–water partition coefficient (Wildman–Crippen LogP) is 2.35. The third kappa shape index (κ3) is 3.01. The van der Waals surface area contributed by atoms with Gasteiger partial charge in [0, 0.05) is 13.1 Å². The van der Waals surface area contributed by atoms with Crippen molar-refractivity contribution in [3.63, 3.8) is 0 Å². The zero-order chi connectivity index (χ0) is 15.7. The number of fused-ring (bicyclic) bond motifs is 1. The number of nitrogens with zero attached hydrogens (tertiary/aromatic N) is 3. The van der Waals surface area contributed by atoms with Gasteiger partial charge in [0.25, 0.3) is 5.56 Å². The Morgan fingerprint density at radius 1 is 1.23 bits per heavy atom. The molecule has 3 rings (SSSR count). The van der Waals surface area contributed by atoms with E-state index in [2.05, 4.69) is 43.0 Å². The lowest BCUT2D eigenvalue weighted by molar-refractivity contribution is -0.133. The summed E-state index contributed by atoms with van der Waals surface area (Å²) in [6.07, 6.45) is 2.35. The molecule has 22 heavy (non-hydrogen) atoms. The van der Waals surface area contributed by atoms with Gasteiger partial charge >= 0.3 is 0 Å². The fraction of sp³-hybridized carbons (Fsp3) is 0.267. The lowest BCUT2D eigenvalue weighted by Gasteiger charge is -2.28. The molecule has 1 aromatic heterocycles. The van der Waals surface area contributed by atoms with E-state index in [0.29, 0.717) is 22.0 Å². The molecule has 0 bridgehead atoms. The number of benzene rings is 1. The van der Waals surface area contributed by atoms with Gasteiger partial charge in [-0.15, -0.1) is 0 Å². The van der Waals surface area contributed by atoms with E-state index in [1.54, 1.807) is 4.90 Å². The Hall–Kier alpha value is -1.47. The van der Waals surface area contributed by atoms with Crippen LogP contribution in [0.1, 0.15) is 11.1 Å². The number of amides is 1. The molecule has 114 valence electrons. The van der Waals surface area contributed by atoms with Crippen LogP contribution < -0.4 is 5.56 Å². The van der Waals surface area contributed by atoms with Crippen LogP contribution in [0.15, 0.2) is 44.2 Å². The van der Waals surface area contributed by atoms with Crippen LogP contribution in [0.4, 0.5) is 0 Å². The first-order chi connectivity index (χ1) is 10.6. The molecule has 1 aliphatic rings. The lowest BCUT2D eigenvalue weighted by atomic mass is 10.00. The Balaban J connectivity index is 1.77. The number of carbonyl (C=O) groups is 1. The smallest absolute Gasteiger partial charge is 0.282 e. The molecule has 7 heteroatoms. The molecular formula is C15H13Br2N3O2. The number of rotatable bonds is 2. The van der Waals surface area contributed by atoms with Crippen LogP contribution >= 0.6 is 31.9 Å². The largest absolute Gasteiger partial charge is 0.336 e. The highest BCUT2D eigenvalue weighted by Crippen LogP contribution is 2.19. The molecule has 2 aromatic rings. The van der Waals surface area contributed by atoms with Gasteiger partial charge in [0.05, 0.1) is 10.7 Å². The molecule has 5 nitrogen and oxygen atoms in total. The van der Waals surface area contributed by atoms with E-state index in [4.69, 9.17) is 0 Å². The molecule has 0 saturated heterocycles. The first-order valence-corrected chi connectivity index (χ1v) is 8.40. The van der Waals surface area contributed by atoms with Crippen molar-refractivity contribution >= 4 is 37.8 Å². The number of hydrogen-bond acceptors (Lipinski definition) is 3. The summed E-state index contributed by atoms with van der Waals surface area (Å²) in [6.45, 7) is 1.20. The van der Waals surface area contributed by atoms with Gasteiger partial charge < -0.3 is 4.90 Å². The van der Waals surface area contributed by atoms with E-state index in [1.165, 1.54) is 22.0 Å². The molecular weight excluding hydrogens is 414 g/mol. The van der Waals surface area contributed by atoms with Gasteiger partial charge in [-0.1, -0.05) is 24.3 Å². The van der Waals surface area contributed by atoms with Crippen LogP contribution in [0.3, 0.4) is 0 Å². The quantitative estimate of drug-likeness (QED) is 0.740. The van der Waals surface area contributed by atoms with Crippen molar-refractivity contribution < 1.29 is 4.79 Å². The standard InChI is InChI=1S/C15H13Br2N3O2/c16-12-7-18-20(15(22)14(12)17)9-13(21)19-6-5-10-3-1-2-4-11(10)8-19/h1-4,7H,5-6,8-9H2. The molecule has 0 spiro atoms. The number of carbonyl (C=O) groups excluding carboxylic acids is 1. The second-order valence-corrected chi connectivity index (χ2v) is 6.75. The molecule has 0 N–H and O–H groups in total. The van der Waals surface area contributed by atoms with Gasteiger partial charge in [-0.3, -0.25) is 9.59 Å². The lowest BCUT2D eigenvalue weighted by Crippen LogP contribution is -2.40. The van der Waals surface area contributed by atoms with E-state index in [9.17, 15) is 9.59 Å². The number of hydrogen-bond donors (Lipinski definition) is 0. The zero-order valence-corrected chi connectivity index (χ0v) is 14.8. The van der Waals surface area contributed by atoms with Crippen molar-refractivity contribution in [2.75, 3.05) is 6.54 Å². The van der Waals surface area contributed by atoms with Crippen LogP contribution in [0.5, 0.6) is 0 Å². The van der Waals surface area contributed by atoms with Crippen molar-refractivity contribution in [2.45, 2.75) is 19.5 Å². The third-order valence-corrected chi connectivity index (χ3v) is 5.61. The highest BCUT2D eigenvalue weighted by molar-refractivity contribution is 9.13. The van der Waals surface area contributed by atoms with Crippen molar-refractivity contribution in [2.24, 2.45) is 0 Å². The Morgan fingerprint density at radius 3 is 2.73 bits per heavy atom. The van der Waals surface area contributed by atoms with Gasteiger partial charge in [0.1, 0.15) is 11.0 Å². The van der Waals surface area contributed by atoms with Crippen LogP contribution in [-0.2, 0) is 24.3 Å². The monoisotopic (exact) mass is 425 g/mol. The molecule has 1 aromatic carbocycles. The molecule has 0 unspecified atom stereocenters. The molecule has 1 amide bonds. The fourth-order valence-electron chi connectivity index (χ4n) is 2.49. The topological polar surface area (TPSA) is 55.2 Å². The minimum atomic E-state index is -0.319. The molecule has 2 heterocycles. The summed E-state index contributed by atoms with van der Waals surface area (Å²) in [5.74, 6) is -0.0988. The zero-order valence-electron chi connectivity index (χ0n) is 11.6. The number of aromatic nitrogens is 2. The van der Waals surface area contributed by atoms with Crippen LogP contribution in [0.25, 0.3) is 0 Å². The van der Waals surface area contributed by atoms with Crippen LogP contribution in [0, 0.1) is 0 Å². The summed E-state index contributed by atoms with van der Waals surface area (Å²) in [6, 6.07) is 8.12. The molecule has 1 aliphatic heterocycles. The van der Waals surface area contributed by atoms with E-state index in [0.717, 1.165) is 6.42 Å². The highest BCUT2D eigenvalue weighted by Gasteiger charge is 2.21. The summed E-state index contributed by atoms with van der Waals surface area (Å²) >= 11 is 6.42. The maximum Gasteiger partial charge on any atom is 0.282 e. The molecule has 0 saturated carbocycles. The van der Waals surface area contributed by atoms with Gasteiger partial charge in [0.15, 0.2) is 0 Å². The minimum Gasteiger partial charge on any atom is -0.336 e. The van der Waals surface area contributed by atoms with Gasteiger partial charge in [0.2, 0.25) is 5.91 Å². The van der Waals surface area contributed by atoms with Crippen molar-refractivity contribution in [1.29, 1.82) is 0 Å². The Kier molecular flexibility index (Phi) is 4.44. The second-order valence-electron chi connectivity index (χ2n) is 5.10. The van der Waals surface area contributed by atoms with Crippen LogP contribution in [0.2, 0.25) is 0 Å². The Bertz CT molecular complexity index is 789. The molecule has 0 atom stereocenters. The van der Waals surface area contributed by atoms with E-state index >= 15 is 0 Å². The summed E-state index contributed by atoms with van der Waals surface area (Å²) in [5.41, 5.74) is 2.13. The average molecular weight is 427 g/mol. The summed E-state index contributed by atoms with van der Waals surface area (Å²) in [5, 5.41) is 4.00. The maximum absolute atomic E-state index is 12.4. The summed E-state index contributed by atoms with van der Waals surface area (Å²) in [4.78, 5) is 26.3. The number of halogens is 2. The van der Waals surface area contributed by atoms with E-state index < -0.39 is 0 Å². The molecule has 0 aliphatic carbocycles. The highest BCUT2D eigenvalue weighted by atomic mass is 79.9. The normalized spacial score (nSPS) is 13.8. The van der Waals surface area contributed by atoms with Gasteiger partial charge in [-0.05, 0) is 49.4 Å². The molecule has 0 fully saturated rings. The third-order valence-electron chi connectivity index (χ3n) is 3.71. The van der Waals surface area contributed by atoms with Crippen molar-refractivity contribution in [1.82, 2.24) is 14.7 Å². The maximum atomic E-state index is 12.4. The minimum absolute atomic E-state index is 0.0487. The summed E-state index contributed by atoms with van der Waals surface area (Å²) in [7, 11) is 0. The first-order valence-electron chi connectivity index (χ1n) is 6.82. The van der Waals surface area contributed by atoms with E-state index in [1.807, 2.05) is 18.2 Å². The Labute approximate surface area is 144 Å². The van der Waals surface area contributed by atoms with Gasteiger partial charge in [-0.2, -0.15) is 5.10 Å². The summed E-state index contributed by atoms with van der Waals surface area (Å²) < 4.78 is 2.13. The van der Waals surface area contributed by atoms with Crippen LogP contribution in [-0.4, -0.2) is 27.1 Å². The van der Waals surface area contributed by atoms with E-state index in [-0.39, 0.29) is 18.0 Å². The van der Waals surface area contributed by atoms with Crippen molar-refractivity contribution in [3.8, 4) is 0 Å². The predicted molar refractivity (Wildman–Crippen MR) is 89.5 cm³/mol. The van der Waals surface area contributed by atoms with Gasteiger partial charge in [-0.25, -0.2) is 4.68 Å². The first kappa shape index (κ1) is 15.4.